The number of aromatic nitrogens is 2. The Balaban J connectivity index is 2.05. The molecule has 1 aromatic heterocycles. The van der Waals surface area contributed by atoms with Crippen LogP contribution in [0.25, 0.3) is 0 Å². The fourth-order valence-corrected chi connectivity index (χ4v) is 2.86. The van der Waals surface area contributed by atoms with E-state index in [0.29, 0.717) is 11.4 Å². The van der Waals surface area contributed by atoms with Crippen molar-refractivity contribution in [1.82, 2.24) is 14.7 Å². The lowest BCUT2D eigenvalue weighted by molar-refractivity contribution is -0.118. The van der Waals surface area contributed by atoms with Crippen molar-refractivity contribution in [2.45, 2.75) is 32.2 Å². The number of rotatable bonds is 6. The molecule has 0 saturated carbocycles. The number of nitrogens with one attached hydrogen (secondary N) is 2. The molecule has 0 aliphatic carbocycles. The average Bonchev–Trinajstić information content (AvgIpc) is 2.53. The molecule has 0 fully saturated rings. The summed E-state index contributed by atoms with van der Waals surface area (Å²) >= 11 is 0. The molecular weight excluding hydrogens is 328 g/mol. The minimum atomic E-state index is -3.66. The van der Waals surface area contributed by atoms with Crippen molar-refractivity contribution in [2.75, 3.05) is 5.32 Å². The maximum absolute atomic E-state index is 12.3. The number of aryl methyl sites for hydroxylation is 1. The Morgan fingerprint density at radius 1 is 1.17 bits per heavy atom. The zero-order valence-electron chi connectivity index (χ0n) is 13.8. The van der Waals surface area contributed by atoms with E-state index >= 15 is 0 Å². The van der Waals surface area contributed by atoms with Crippen LogP contribution in [0.2, 0.25) is 0 Å². The van der Waals surface area contributed by atoms with E-state index < -0.39 is 10.0 Å². The molecule has 128 valence electrons. The van der Waals surface area contributed by atoms with Gasteiger partial charge in [-0.1, -0.05) is 13.8 Å². The maximum atomic E-state index is 12.3. The molecule has 8 heteroatoms. The Morgan fingerprint density at radius 2 is 1.83 bits per heavy atom. The minimum Gasteiger partial charge on any atom is -0.326 e. The van der Waals surface area contributed by atoms with Crippen LogP contribution in [0.5, 0.6) is 0 Å². The summed E-state index contributed by atoms with van der Waals surface area (Å²) in [4.78, 5) is 19.7. The van der Waals surface area contributed by atoms with E-state index in [1.54, 1.807) is 32.0 Å². The highest BCUT2D eigenvalue weighted by Crippen LogP contribution is 2.15. The van der Waals surface area contributed by atoms with E-state index in [1.807, 2.05) is 6.92 Å². The Kier molecular flexibility index (Phi) is 5.63. The third-order valence-corrected chi connectivity index (χ3v) is 4.68. The standard InChI is InChI=1S/C16H20N4O3S/c1-11(2)16(21)20-13-4-6-15(7-5-13)24(22,23)19-9-14-8-12(3)17-10-18-14/h4-8,10-11,19H,9H2,1-3H3,(H,20,21). The van der Waals surface area contributed by atoms with Crippen LogP contribution in [0.4, 0.5) is 5.69 Å². The molecule has 0 aliphatic rings. The normalized spacial score (nSPS) is 11.5. The predicted octanol–water partition coefficient (Wildman–Crippen LogP) is 1.86. The third kappa shape index (κ3) is 4.84. The fourth-order valence-electron chi connectivity index (χ4n) is 1.86. The van der Waals surface area contributed by atoms with Gasteiger partial charge in [-0.25, -0.2) is 23.1 Å². The third-order valence-electron chi connectivity index (χ3n) is 3.26. The van der Waals surface area contributed by atoms with Gasteiger partial charge in [0.05, 0.1) is 17.1 Å². The number of carbonyl (C=O) groups is 1. The minimum absolute atomic E-state index is 0.0809. The highest BCUT2D eigenvalue weighted by molar-refractivity contribution is 7.89. The first-order chi connectivity index (χ1) is 11.3. The Morgan fingerprint density at radius 3 is 2.42 bits per heavy atom. The van der Waals surface area contributed by atoms with E-state index in [2.05, 4.69) is 20.0 Å². The van der Waals surface area contributed by atoms with Crippen LogP contribution in [-0.2, 0) is 21.4 Å². The molecule has 1 heterocycles. The van der Waals surface area contributed by atoms with Gasteiger partial charge in [0.2, 0.25) is 15.9 Å². The van der Waals surface area contributed by atoms with Gasteiger partial charge >= 0.3 is 0 Å². The van der Waals surface area contributed by atoms with Crippen LogP contribution in [0.3, 0.4) is 0 Å². The summed E-state index contributed by atoms with van der Waals surface area (Å²) in [5.41, 5.74) is 1.91. The van der Waals surface area contributed by atoms with Crippen LogP contribution < -0.4 is 10.0 Å². The number of sulfonamides is 1. The summed E-state index contributed by atoms with van der Waals surface area (Å²) < 4.78 is 27.1. The van der Waals surface area contributed by atoms with Gasteiger partial charge in [-0.3, -0.25) is 4.79 Å². The Hall–Kier alpha value is -2.32. The lowest BCUT2D eigenvalue weighted by Gasteiger charge is -2.10. The summed E-state index contributed by atoms with van der Waals surface area (Å²) in [5, 5.41) is 2.71. The number of benzene rings is 1. The zero-order chi connectivity index (χ0) is 17.7. The van der Waals surface area contributed by atoms with E-state index in [4.69, 9.17) is 0 Å². The van der Waals surface area contributed by atoms with E-state index in [-0.39, 0.29) is 23.3 Å². The van der Waals surface area contributed by atoms with Crippen molar-refractivity contribution in [2.24, 2.45) is 5.92 Å². The molecule has 0 atom stereocenters. The summed E-state index contributed by atoms with van der Waals surface area (Å²) in [6, 6.07) is 7.73. The maximum Gasteiger partial charge on any atom is 0.240 e. The summed E-state index contributed by atoms with van der Waals surface area (Å²) in [5.74, 6) is -0.269. The van der Waals surface area contributed by atoms with Crippen LogP contribution >= 0.6 is 0 Å². The molecule has 0 spiro atoms. The molecule has 2 N–H and O–H groups in total. The smallest absolute Gasteiger partial charge is 0.240 e. The molecule has 2 rings (SSSR count). The molecule has 0 bridgehead atoms. The van der Waals surface area contributed by atoms with Gasteiger partial charge in [0.15, 0.2) is 0 Å². The highest BCUT2D eigenvalue weighted by atomic mass is 32.2. The largest absolute Gasteiger partial charge is 0.326 e. The molecule has 0 saturated heterocycles. The van der Waals surface area contributed by atoms with Gasteiger partial charge < -0.3 is 5.32 Å². The number of amides is 1. The number of hydrogen-bond acceptors (Lipinski definition) is 5. The molecule has 24 heavy (non-hydrogen) atoms. The molecule has 1 amide bonds. The second kappa shape index (κ2) is 7.50. The number of hydrogen-bond donors (Lipinski definition) is 2. The molecular formula is C16H20N4O3S. The lowest BCUT2D eigenvalue weighted by atomic mass is 10.2. The monoisotopic (exact) mass is 348 g/mol. The molecule has 7 nitrogen and oxygen atoms in total. The van der Waals surface area contributed by atoms with E-state index in [1.165, 1.54) is 18.5 Å². The first kappa shape index (κ1) is 18.0. The number of nitrogens with zero attached hydrogens (tertiary/aromatic N) is 2. The molecule has 0 aliphatic heterocycles. The quantitative estimate of drug-likeness (QED) is 0.830. The molecule has 1 aromatic carbocycles. The van der Waals surface area contributed by atoms with Crippen molar-refractivity contribution < 1.29 is 13.2 Å². The fraction of sp³-hybridized carbons (Fsp3) is 0.312. The van der Waals surface area contributed by atoms with Gasteiger partial charge in [0.1, 0.15) is 6.33 Å². The van der Waals surface area contributed by atoms with Crippen molar-refractivity contribution in [3.63, 3.8) is 0 Å². The SMILES string of the molecule is Cc1cc(CNS(=O)(=O)c2ccc(NC(=O)C(C)C)cc2)ncn1. The topological polar surface area (TPSA) is 101 Å². The van der Waals surface area contributed by atoms with Crippen molar-refractivity contribution in [3.05, 3.63) is 48.0 Å². The summed E-state index contributed by atoms with van der Waals surface area (Å²) in [6.45, 7) is 5.46. The van der Waals surface area contributed by atoms with Gasteiger partial charge in [-0.05, 0) is 37.3 Å². The van der Waals surface area contributed by atoms with Gasteiger partial charge in [0, 0.05) is 17.3 Å². The Bertz CT molecular complexity index is 817. The van der Waals surface area contributed by atoms with Gasteiger partial charge in [0.25, 0.3) is 0 Å². The van der Waals surface area contributed by atoms with Crippen molar-refractivity contribution >= 4 is 21.6 Å². The zero-order valence-corrected chi connectivity index (χ0v) is 14.6. The lowest BCUT2D eigenvalue weighted by Crippen LogP contribution is -2.24. The van der Waals surface area contributed by atoms with Crippen molar-refractivity contribution in [3.8, 4) is 0 Å². The van der Waals surface area contributed by atoms with Gasteiger partial charge in [-0.2, -0.15) is 0 Å². The summed E-state index contributed by atoms with van der Waals surface area (Å²) in [7, 11) is -3.66. The van der Waals surface area contributed by atoms with Crippen LogP contribution in [-0.4, -0.2) is 24.3 Å². The predicted molar refractivity (Wildman–Crippen MR) is 90.7 cm³/mol. The number of carbonyl (C=O) groups excluding carboxylic acids is 1. The van der Waals surface area contributed by atoms with Gasteiger partial charge in [-0.15, -0.1) is 0 Å². The van der Waals surface area contributed by atoms with E-state index in [9.17, 15) is 13.2 Å². The summed E-state index contributed by atoms with van der Waals surface area (Å²) in [6.07, 6.45) is 1.39. The highest BCUT2D eigenvalue weighted by Gasteiger charge is 2.14. The molecule has 0 unspecified atom stereocenters. The first-order valence-electron chi connectivity index (χ1n) is 7.46. The molecule has 2 aromatic rings. The molecule has 0 radical (unpaired) electrons. The Labute approximate surface area is 141 Å². The average molecular weight is 348 g/mol. The van der Waals surface area contributed by atoms with Crippen LogP contribution in [0.1, 0.15) is 25.2 Å². The van der Waals surface area contributed by atoms with E-state index in [0.717, 1.165) is 5.69 Å². The second-order valence-electron chi connectivity index (χ2n) is 5.64. The van der Waals surface area contributed by atoms with Crippen LogP contribution in [0.15, 0.2) is 41.6 Å². The van der Waals surface area contributed by atoms with Crippen LogP contribution in [0, 0.1) is 12.8 Å². The second-order valence-corrected chi connectivity index (χ2v) is 7.41. The number of anilines is 1. The first-order valence-corrected chi connectivity index (χ1v) is 8.94. The van der Waals surface area contributed by atoms with Crippen molar-refractivity contribution in [1.29, 1.82) is 0 Å².